The van der Waals surface area contributed by atoms with Crippen molar-refractivity contribution in [1.82, 2.24) is 0 Å². The zero-order valence-corrected chi connectivity index (χ0v) is 12.4. The standard InChI is InChI=1S/C15H13BrFNO2/c1-9-6-12(19)3-5-14(9)18-15(20)8-10-7-11(16)2-4-13(10)17/h2-7,19H,8H2,1H3,(H,18,20). The molecule has 0 atom stereocenters. The van der Waals surface area contributed by atoms with Crippen molar-refractivity contribution < 1.29 is 14.3 Å². The summed E-state index contributed by atoms with van der Waals surface area (Å²) in [5, 5.41) is 12.0. The van der Waals surface area contributed by atoms with E-state index in [1.807, 2.05) is 0 Å². The van der Waals surface area contributed by atoms with E-state index in [0.29, 0.717) is 11.3 Å². The molecule has 0 saturated heterocycles. The van der Waals surface area contributed by atoms with E-state index in [2.05, 4.69) is 21.2 Å². The molecule has 0 heterocycles. The molecule has 2 N–H and O–H groups in total. The van der Waals surface area contributed by atoms with Gasteiger partial charge in [-0.3, -0.25) is 4.79 Å². The normalized spacial score (nSPS) is 10.3. The molecule has 2 aromatic rings. The maximum absolute atomic E-state index is 13.6. The number of hydrogen-bond donors (Lipinski definition) is 2. The third-order valence-corrected chi connectivity index (χ3v) is 3.34. The number of carbonyl (C=O) groups is 1. The van der Waals surface area contributed by atoms with Crippen molar-refractivity contribution in [2.75, 3.05) is 5.32 Å². The van der Waals surface area contributed by atoms with E-state index in [0.717, 1.165) is 10.0 Å². The highest BCUT2D eigenvalue weighted by molar-refractivity contribution is 9.10. The second-order valence-corrected chi connectivity index (χ2v) is 5.38. The Balaban J connectivity index is 2.11. The van der Waals surface area contributed by atoms with Crippen molar-refractivity contribution in [3.05, 3.63) is 57.8 Å². The van der Waals surface area contributed by atoms with E-state index in [4.69, 9.17) is 0 Å². The zero-order chi connectivity index (χ0) is 14.7. The number of benzene rings is 2. The van der Waals surface area contributed by atoms with Crippen molar-refractivity contribution in [1.29, 1.82) is 0 Å². The lowest BCUT2D eigenvalue weighted by Crippen LogP contribution is -2.15. The van der Waals surface area contributed by atoms with Crippen LogP contribution >= 0.6 is 15.9 Å². The molecule has 0 spiro atoms. The van der Waals surface area contributed by atoms with Gasteiger partial charge in [0.15, 0.2) is 0 Å². The topological polar surface area (TPSA) is 49.3 Å². The summed E-state index contributed by atoms with van der Waals surface area (Å²) in [6, 6.07) is 9.13. The fourth-order valence-corrected chi connectivity index (χ4v) is 2.24. The number of halogens is 2. The average molecular weight is 338 g/mol. The molecule has 0 aliphatic carbocycles. The number of amides is 1. The summed E-state index contributed by atoms with van der Waals surface area (Å²) in [5.74, 6) is -0.583. The Morgan fingerprint density at radius 3 is 2.75 bits per heavy atom. The van der Waals surface area contributed by atoms with Crippen molar-refractivity contribution >= 4 is 27.5 Å². The Morgan fingerprint density at radius 2 is 2.05 bits per heavy atom. The first-order valence-corrected chi connectivity index (χ1v) is 6.78. The zero-order valence-electron chi connectivity index (χ0n) is 10.8. The van der Waals surface area contributed by atoms with E-state index in [-0.39, 0.29) is 18.1 Å². The van der Waals surface area contributed by atoms with Crippen molar-refractivity contribution in [2.45, 2.75) is 13.3 Å². The van der Waals surface area contributed by atoms with Crippen LogP contribution in [-0.4, -0.2) is 11.0 Å². The van der Waals surface area contributed by atoms with E-state index >= 15 is 0 Å². The number of nitrogens with one attached hydrogen (secondary N) is 1. The molecule has 0 saturated carbocycles. The van der Waals surface area contributed by atoms with Crippen molar-refractivity contribution in [2.24, 2.45) is 0 Å². The monoisotopic (exact) mass is 337 g/mol. The van der Waals surface area contributed by atoms with Crippen LogP contribution < -0.4 is 5.32 Å². The van der Waals surface area contributed by atoms with Gasteiger partial charge in [-0.1, -0.05) is 15.9 Å². The Morgan fingerprint density at radius 1 is 1.30 bits per heavy atom. The first-order valence-electron chi connectivity index (χ1n) is 5.99. The molecule has 5 heteroatoms. The van der Waals surface area contributed by atoms with Crippen LogP contribution in [0, 0.1) is 12.7 Å². The molecule has 0 bridgehead atoms. The van der Waals surface area contributed by atoms with Crippen molar-refractivity contribution in [3.8, 4) is 5.75 Å². The Labute approximate surface area is 124 Å². The van der Waals surface area contributed by atoms with E-state index < -0.39 is 5.82 Å². The molecule has 20 heavy (non-hydrogen) atoms. The fraction of sp³-hybridized carbons (Fsp3) is 0.133. The molecule has 2 rings (SSSR count). The highest BCUT2D eigenvalue weighted by Gasteiger charge is 2.10. The molecule has 0 aromatic heterocycles. The Bertz CT molecular complexity index is 658. The quantitative estimate of drug-likeness (QED) is 0.837. The molecule has 2 aromatic carbocycles. The minimum atomic E-state index is -0.411. The van der Waals surface area contributed by atoms with Gasteiger partial charge in [-0.25, -0.2) is 4.39 Å². The van der Waals surface area contributed by atoms with Gasteiger partial charge in [0.1, 0.15) is 11.6 Å². The number of carbonyl (C=O) groups excluding carboxylic acids is 1. The van der Waals surface area contributed by atoms with Gasteiger partial charge in [0, 0.05) is 10.2 Å². The maximum Gasteiger partial charge on any atom is 0.228 e. The molecule has 0 aliphatic heterocycles. The number of aromatic hydroxyl groups is 1. The van der Waals surface area contributed by atoms with Gasteiger partial charge in [0.25, 0.3) is 0 Å². The summed E-state index contributed by atoms with van der Waals surface area (Å²) in [5.41, 5.74) is 1.67. The van der Waals surface area contributed by atoms with Crippen LogP contribution in [0.15, 0.2) is 40.9 Å². The van der Waals surface area contributed by atoms with Crippen molar-refractivity contribution in [3.63, 3.8) is 0 Å². The first kappa shape index (κ1) is 14.5. The minimum absolute atomic E-state index is 0.0500. The second kappa shape index (κ2) is 6.05. The number of hydrogen-bond acceptors (Lipinski definition) is 2. The molecular weight excluding hydrogens is 325 g/mol. The lowest BCUT2D eigenvalue weighted by molar-refractivity contribution is -0.115. The predicted octanol–water partition coefficient (Wildman–Crippen LogP) is 3.78. The highest BCUT2D eigenvalue weighted by Crippen LogP contribution is 2.21. The largest absolute Gasteiger partial charge is 0.508 e. The van der Waals surface area contributed by atoms with Gasteiger partial charge in [0.2, 0.25) is 5.91 Å². The van der Waals surface area contributed by atoms with Crippen LogP contribution in [0.25, 0.3) is 0 Å². The average Bonchev–Trinajstić information content (AvgIpc) is 2.37. The summed E-state index contributed by atoms with van der Waals surface area (Å²) >= 11 is 3.25. The third-order valence-electron chi connectivity index (χ3n) is 2.84. The van der Waals surface area contributed by atoms with Gasteiger partial charge in [0.05, 0.1) is 6.42 Å². The Hall–Kier alpha value is -1.88. The maximum atomic E-state index is 13.6. The van der Waals surface area contributed by atoms with Crippen LogP contribution in [0.2, 0.25) is 0 Å². The molecule has 0 radical (unpaired) electrons. The number of phenolic OH excluding ortho intramolecular Hbond substituents is 1. The lowest BCUT2D eigenvalue weighted by Gasteiger charge is -2.09. The summed E-state index contributed by atoms with van der Waals surface area (Å²) in [6.07, 6.45) is -0.0500. The van der Waals surface area contributed by atoms with E-state index in [1.165, 1.54) is 12.1 Å². The SMILES string of the molecule is Cc1cc(O)ccc1NC(=O)Cc1cc(Br)ccc1F. The van der Waals surface area contributed by atoms with E-state index in [9.17, 15) is 14.3 Å². The number of aryl methyl sites for hydroxylation is 1. The van der Waals surface area contributed by atoms with Gasteiger partial charge >= 0.3 is 0 Å². The van der Waals surface area contributed by atoms with Crippen LogP contribution in [0.5, 0.6) is 5.75 Å². The van der Waals surface area contributed by atoms with Gasteiger partial charge < -0.3 is 10.4 Å². The van der Waals surface area contributed by atoms with Crippen LogP contribution in [0.3, 0.4) is 0 Å². The second-order valence-electron chi connectivity index (χ2n) is 4.46. The molecule has 3 nitrogen and oxygen atoms in total. The van der Waals surface area contributed by atoms with Crippen LogP contribution in [-0.2, 0) is 11.2 Å². The summed E-state index contributed by atoms with van der Waals surface area (Å²) in [4.78, 5) is 11.9. The summed E-state index contributed by atoms with van der Waals surface area (Å²) in [7, 11) is 0. The minimum Gasteiger partial charge on any atom is -0.508 e. The number of anilines is 1. The Kier molecular flexibility index (Phi) is 4.39. The van der Waals surface area contributed by atoms with Gasteiger partial charge in [-0.15, -0.1) is 0 Å². The lowest BCUT2D eigenvalue weighted by atomic mass is 10.1. The first-order chi connectivity index (χ1) is 9.45. The fourth-order valence-electron chi connectivity index (χ4n) is 1.83. The number of rotatable bonds is 3. The molecule has 1 amide bonds. The molecule has 0 aliphatic rings. The van der Waals surface area contributed by atoms with E-state index in [1.54, 1.807) is 31.2 Å². The molecule has 104 valence electrons. The third kappa shape index (κ3) is 3.57. The van der Waals surface area contributed by atoms with Crippen LogP contribution in [0.4, 0.5) is 10.1 Å². The number of phenols is 1. The smallest absolute Gasteiger partial charge is 0.228 e. The summed E-state index contributed by atoms with van der Waals surface area (Å²) in [6.45, 7) is 1.77. The molecule has 0 unspecified atom stereocenters. The molecule has 0 fully saturated rings. The highest BCUT2D eigenvalue weighted by atomic mass is 79.9. The predicted molar refractivity (Wildman–Crippen MR) is 79.3 cm³/mol. The molecular formula is C15H13BrFNO2. The van der Waals surface area contributed by atoms with Gasteiger partial charge in [-0.2, -0.15) is 0 Å². The summed E-state index contributed by atoms with van der Waals surface area (Å²) < 4.78 is 14.3. The van der Waals surface area contributed by atoms with Crippen LogP contribution in [0.1, 0.15) is 11.1 Å². The van der Waals surface area contributed by atoms with Gasteiger partial charge in [-0.05, 0) is 54.4 Å².